The second-order valence-corrected chi connectivity index (χ2v) is 6.48. The average molecular weight is 350 g/mol. The number of halogens is 3. The molecule has 0 amide bonds. The molecule has 1 unspecified atom stereocenters. The molecule has 0 rings (SSSR count). The van der Waals surface area contributed by atoms with Gasteiger partial charge in [0.15, 0.2) is 0 Å². The maximum atomic E-state index is 3.56. The van der Waals surface area contributed by atoms with Crippen molar-refractivity contribution in [2.45, 2.75) is 43.9 Å². The van der Waals surface area contributed by atoms with E-state index in [9.17, 15) is 0 Å². The Balaban J connectivity index is 3.10. The molecule has 0 saturated heterocycles. The van der Waals surface area contributed by atoms with E-state index >= 15 is 0 Å². The first-order chi connectivity index (χ1) is 5.18. The van der Waals surface area contributed by atoms with Crippen LogP contribution in [0.5, 0.6) is 0 Å². The fourth-order valence-electron chi connectivity index (χ4n) is 0.859. The Labute approximate surface area is 94.9 Å². The molecular formula is C8H14Br3. The summed E-state index contributed by atoms with van der Waals surface area (Å²) >= 11 is 10.4. The van der Waals surface area contributed by atoms with Crippen LogP contribution in [0.25, 0.3) is 0 Å². The van der Waals surface area contributed by atoms with Crippen molar-refractivity contribution >= 4 is 47.8 Å². The molecule has 0 aromatic rings. The van der Waals surface area contributed by atoms with Gasteiger partial charge in [0.1, 0.15) is 3.74 Å². The van der Waals surface area contributed by atoms with Crippen molar-refractivity contribution in [1.29, 1.82) is 0 Å². The third-order valence-corrected chi connectivity index (χ3v) is 4.80. The van der Waals surface area contributed by atoms with E-state index in [-0.39, 0.29) is 0 Å². The van der Waals surface area contributed by atoms with Gasteiger partial charge in [-0.05, 0) is 6.42 Å². The number of unbranched alkanes of at least 4 members (excludes halogenated alkanes) is 3. The highest BCUT2D eigenvalue weighted by molar-refractivity contribution is 9.28. The zero-order valence-electron chi connectivity index (χ0n) is 6.75. The van der Waals surface area contributed by atoms with Crippen LogP contribution >= 0.6 is 47.8 Å². The van der Waals surface area contributed by atoms with Gasteiger partial charge in [0.05, 0.1) is 0 Å². The summed E-state index contributed by atoms with van der Waals surface area (Å²) in [6.07, 6.45) is 6.55. The van der Waals surface area contributed by atoms with Crippen molar-refractivity contribution in [1.82, 2.24) is 0 Å². The van der Waals surface area contributed by atoms with E-state index in [2.05, 4.69) is 54.7 Å². The number of rotatable bonds is 6. The molecule has 0 aromatic carbocycles. The SMILES string of the molecule is CCCCCCC(Br)[C](Br)Br. The standard InChI is InChI=1S/C8H14Br3/c1-2-3-4-5-6-7(9)8(10)11/h7H,2-6H2,1H3. The van der Waals surface area contributed by atoms with Crippen LogP contribution in [-0.2, 0) is 0 Å². The van der Waals surface area contributed by atoms with E-state index in [1.807, 2.05) is 0 Å². The van der Waals surface area contributed by atoms with E-state index in [1.165, 1.54) is 32.1 Å². The summed E-state index contributed by atoms with van der Waals surface area (Å²) in [6.45, 7) is 2.23. The van der Waals surface area contributed by atoms with E-state index in [0.717, 1.165) is 3.74 Å². The van der Waals surface area contributed by atoms with Crippen molar-refractivity contribution in [2.24, 2.45) is 0 Å². The zero-order chi connectivity index (χ0) is 8.69. The van der Waals surface area contributed by atoms with Gasteiger partial charge in [0.2, 0.25) is 0 Å². The lowest BCUT2D eigenvalue weighted by Gasteiger charge is -2.08. The minimum absolute atomic E-state index is 0.486. The highest BCUT2D eigenvalue weighted by Gasteiger charge is 2.11. The maximum Gasteiger partial charge on any atom is 0.119 e. The molecule has 0 aliphatic rings. The van der Waals surface area contributed by atoms with Crippen LogP contribution < -0.4 is 0 Å². The van der Waals surface area contributed by atoms with Crippen molar-refractivity contribution in [3.8, 4) is 0 Å². The van der Waals surface area contributed by atoms with Gasteiger partial charge in [-0.15, -0.1) is 0 Å². The topological polar surface area (TPSA) is 0 Å². The Bertz CT molecular complexity index is 83.4. The molecule has 0 spiro atoms. The van der Waals surface area contributed by atoms with Gasteiger partial charge in [-0.1, -0.05) is 80.4 Å². The molecule has 0 bridgehead atoms. The summed E-state index contributed by atoms with van der Waals surface area (Å²) in [5.41, 5.74) is 0. The first-order valence-corrected chi connectivity index (χ1v) is 6.50. The minimum Gasteiger partial charge on any atom is -0.0865 e. The first kappa shape index (κ1) is 12.4. The van der Waals surface area contributed by atoms with E-state index < -0.39 is 0 Å². The predicted octanol–water partition coefficient (Wildman–Crippen LogP) is 5.00. The largest absolute Gasteiger partial charge is 0.119 e. The van der Waals surface area contributed by atoms with Gasteiger partial charge in [0, 0.05) is 4.83 Å². The molecule has 1 atom stereocenters. The first-order valence-electron chi connectivity index (χ1n) is 4.00. The summed E-state index contributed by atoms with van der Waals surface area (Å²) in [7, 11) is 0. The molecule has 3 heteroatoms. The molecule has 0 aromatic heterocycles. The van der Waals surface area contributed by atoms with Gasteiger partial charge in [-0.25, -0.2) is 0 Å². The van der Waals surface area contributed by atoms with Crippen LogP contribution in [0.4, 0.5) is 0 Å². The summed E-state index contributed by atoms with van der Waals surface area (Å²) < 4.78 is 1.13. The molecular weight excluding hydrogens is 336 g/mol. The Hall–Kier alpha value is 1.44. The van der Waals surface area contributed by atoms with Gasteiger partial charge in [-0.3, -0.25) is 0 Å². The lowest BCUT2D eigenvalue weighted by Crippen LogP contribution is -1.99. The summed E-state index contributed by atoms with van der Waals surface area (Å²) in [5, 5.41) is 0. The smallest absolute Gasteiger partial charge is 0.0865 e. The van der Waals surface area contributed by atoms with Gasteiger partial charge in [-0.2, -0.15) is 0 Å². The van der Waals surface area contributed by atoms with E-state index in [1.54, 1.807) is 0 Å². The van der Waals surface area contributed by atoms with Gasteiger partial charge in [0.25, 0.3) is 0 Å². The Kier molecular flexibility index (Phi) is 9.11. The Morgan fingerprint density at radius 3 is 2.27 bits per heavy atom. The average Bonchev–Trinajstić information content (AvgIpc) is 1.97. The predicted molar refractivity (Wildman–Crippen MR) is 62.6 cm³/mol. The molecule has 1 radical (unpaired) electrons. The fraction of sp³-hybridized carbons (Fsp3) is 0.875. The van der Waals surface area contributed by atoms with Crippen LogP contribution in [0.2, 0.25) is 0 Å². The van der Waals surface area contributed by atoms with Crippen molar-refractivity contribution in [2.75, 3.05) is 0 Å². The Morgan fingerprint density at radius 1 is 1.18 bits per heavy atom. The monoisotopic (exact) mass is 347 g/mol. The minimum atomic E-state index is 0.486. The quantitative estimate of drug-likeness (QED) is 0.467. The lowest BCUT2D eigenvalue weighted by molar-refractivity contribution is 0.641. The second kappa shape index (κ2) is 8.06. The molecule has 0 fully saturated rings. The number of hydrogen-bond donors (Lipinski definition) is 0. The van der Waals surface area contributed by atoms with Crippen LogP contribution in [-0.4, -0.2) is 4.83 Å². The number of hydrogen-bond acceptors (Lipinski definition) is 0. The van der Waals surface area contributed by atoms with Gasteiger partial charge >= 0.3 is 0 Å². The molecule has 0 nitrogen and oxygen atoms in total. The Morgan fingerprint density at radius 2 is 1.82 bits per heavy atom. The van der Waals surface area contributed by atoms with Crippen LogP contribution in [0, 0.1) is 3.74 Å². The van der Waals surface area contributed by atoms with E-state index in [0.29, 0.717) is 4.83 Å². The summed E-state index contributed by atoms with van der Waals surface area (Å²) in [6, 6.07) is 0. The van der Waals surface area contributed by atoms with E-state index in [4.69, 9.17) is 0 Å². The second-order valence-electron chi connectivity index (χ2n) is 2.61. The summed E-state index contributed by atoms with van der Waals surface area (Å²) in [4.78, 5) is 0.486. The maximum absolute atomic E-state index is 3.56. The van der Waals surface area contributed by atoms with Crippen LogP contribution in [0.3, 0.4) is 0 Å². The third-order valence-electron chi connectivity index (χ3n) is 1.55. The van der Waals surface area contributed by atoms with Crippen molar-refractivity contribution in [3.05, 3.63) is 3.74 Å². The van der Waals surface area contributed by atoms with Gasteiger partial charge < -0.3 is 0 Å². The lowest BCUT2D eigenvalue weighted by atomic mass is 10.1. The van der Waals surface area contributed by atoms with Crippen LogP contribution in [0.15, 0.2) is 0 Å². The van der Waals surface area contributed by atoms with Crippen LogP contribution in [0.1, 0.15) is 39.0 Å². The highest BCUT2D eigenvalue weighted by Crippen LogP contribution is 2.31. The van der Waals surface area contributed by atoms with Crippen molar-refractivity contribution < 1.29 is 0 Å². The number of alkyl halides is 1. The van der Waals surface area contributed by atoms with Crippen molar-refractivity contribution in [3.63, 3.8) is 0 Å². The summed E-state index contributed by atoms with van der Waals surface area (Å²) in [5.74, 6) is 0. The normalized spacial score (nSPS) is 13.9. The molecule has 11 heavy (non-hydrogen) atoms. The molecule has 0 heterocycles. The molecule has 0 aliphatic carbocycles. The molecule has 0 aliphatic heterocycles. The molecule has 67 valence electrons. The highest BCUT2D eigenvalue weighted by atomic mass is 79.9. The third kappa shape index (κ3) is 7.79. The fourth-order valence-corrected chi connectivity index (χ4v) is 1.64. The molecule has 0 saturated carbocycles. The zero-order valence-corrected chi connectivity index (χ0v) is 11.5. The molecule has 0 N–H and O–H groups in total.